The molecule has 1 aromatic carbocycles. The maximum atomic E-state index is 13.2. The maximum absolute atomic E-state index is 13.2. The van der Waals surface area contributed by atoms with Crippen molar-refractivity contribution in [1.82, 2.24) is 4.31 Å². The second kappa shape index (κ2) is 7.83. The Balaban J connectivity index is 1.98. The van der Waals surface area contributed by atoms with Crippen LogP contribution in [0.1, 0.15) is 19.3 Å². The molecule has 0 aromatic heterocycles. The van der Waals surface area contributed by atoms with E-state index in [1.165, 1.54) is 16.4 Å². The molecule has 0 spiro atoms. The molecule has 124 valence electrons. The molecular formula is C14H20BrFN2O3S. The van der Waals surface area contributed by atoms with Gasteiger partial charge in [0.05, 0.1) is 15.5 Å². The van der Waals surface area contributed by atoms with Gasteiger partial charge in [-0.2, -0.15) is 4.31 Å². The normalized spacial score (nSPS) is 17.8. The lowest BCUT2D eigenvalue weighted by atomic mass is 10.1. The molecule has 2 rings (SSSR count). The van der Waals surface area contributed by atoms with Crippen LogP contribution in [0.4, 0.5) is 4.39 Å². The average molecular weight is 395 g/mol. The minimum Gasteiger partial charge on any atom is -0.378 e. The molecule has 1 aliphatic heterocycles. The summed E-state index contributed by atoms with van der Waals surface area (Å²) in [5.74, 6) is -0.481. The Labute approximate surface area is 138 Å². The first-order valence-electron chi connectivity index (χ1n) is 7.22. The lowest BCUT2D eigenvalue weighted by Gasteiger charge is -2.31. The molecular weight excluding hydrogens is 375 g/mol. The molecule has 0 amide bonds. The molecule has 0 unspecified atom stereocenters. The Hall–Kier alpha value is -0.540. The number of hydrogen-bond acceptors (Lipinski definition) is 4. The molecule has 5 nitrogen and oxygen atoms in total. The zero-order chi connectivity index (χ0) is 16.2. The Morgan fingerprint density at radius 3 is 2.64 bits per heavy atom. The quantitative estimate of drug-likeness (QED) is 0.749. The van der Waals surface area contributed by atoms with Crippen molar-refractivity contribution in [3.05, 3.63) is 28.5 Å². The minimum absolute atomic E-state index is 0.0814. The van der Waals surface area contributed by atoms with Crippen LogP contribution in [-0.2, 0) is 14.8 Å². The zero-order valence-electron chi connectivity index (χ0n) is 12.2. The van der Waals surface area contributed by atoms with Crippen molar-refractivity contribution < 1.29 is 17.5 Å². The molecule has 2 N–H and O–H groups in total. The van der Waals surface area contributed by atoms with E-state index in [2.05, 4.69) is 15.9 Å². The first kappa shape index (κ1) is 17.8. The van der Waals surface area contributed by atoms with Crippen molar-refractivity contribution in [3.63, 3.8) is 0 Å². The number of rotatable bonds is 6. The Morgan fingerprint density at radius 2 is 2.05 bits per heavy atom. The number of halogens is 2. The molecule has 1 heterocycles. The first-order chi connectivity index (χ1) is 10.4. The summed E-state index contributed by atoms with van der Waals surface area (Å²) in [6, 6.07) is 3.74. The van der Waals surface area contributed by atoms with E-state index < -0.39 is 15.8 Å². The second-order valence-corrected chi connectivity index (χ2v) is 7.98. The van der Waals surface area contributed by atoms with Crippen LogP contribution in [0.3, 0.4) is 0 Å². The van der Waals surface area contributed by atoms with E-state index in [9.17, 15) is 12.8 Å². The van der Waals surface area contributed by atoms with E-state index in [4.69, 9.17) is 10.5 Å². The maximum Gasteiger partial charge on any atom is 0.243 e. The molecule has 1 aromatic rings. The number of nitrogens with zero attached hydrogens (tertiary/aromatic N) is 1. The van der Waals surface area contributed by atoms with Gasteiger partial charge in [0, 0.05) is 19.7 Å². The van der Waals surface area contributed by atoms with Gasteiger partial charge in [0.15, 0.2) is 0 Å². The van der Waals surface area contributed by atoms with Gasteiger partial charge < -0.3 is 10.5 Å². The van der Waals surface area contributed by atoms with Crippen LogP contribution in [0.5, 0.6) is 0 Å². The van der Waals surface area contributed by atoms with Gasteiger partial charge in [0.2, 0.25) is 10.0 Å². The molecule has 8 heteroatoms. The van der Waals surface area contributed by atoms with Crippen LogP contribution in [-0.4, -0.2) is 45.1 Å². The van der Waals surface area contributed by atoms with Gasteiger partial charge in [-0.25, -0.2) is 12.8 Å². The zero-order valence-corrected chi connectivity index (χ0v) is 14.6. The summed E-state index contributed by atoms with van der Waals surface area (Å²) in [6.45, 7) is 2.01. The Bertz CT molecular complexity index is 604. The van der Waals surface area contributed by atoms with Crippen molar-refractivity contribution in [2.24, 2.45) is 5.73 Å². The third-order valence-corrected chi connectivity index (χ3v) is 6.13. The fraction of sp³-hybridized carbons (Fsp3) is 0.571. The molecule has 0 bridgehead atoms. The van der Waals surface area contributed by atoms with Crippen molar-refractivity contribution in [1.29, 1.82) is 0 Å². The Morgan fingerprint density at radius 1 is 1.36 bits per heavy atom. The molecule has 0 aliphatic carbocycles. The fourth-order valence-corrected chi connectivity index (χ4v) is 4.39. The van der Waals surface area contributed by atoms with Crippen molar-refractivity contribution >= 4 is 26.0 Å². The van der Waals surface area contributed by atoms with Crippen LogP contribution >= 0.6 is 15.9 Å². The third-order valence-electron chi connectivity index (χ3n) is 3.63. The van der Waals surface area contributed by atoms with Crippen LogP contribution in [0.2, 0.25) is 0 Å². The number of ether oxygens (including phenoxy) is 1. The molecule has 1 saturated heterocycles. The molecule has 22 heavy (non-hydrogen) atoms. The molecule has 0 saturated carbocycles. The SMILES string of the molecule is NCCCOC1CCN(S(=O)(=O)c2ccc(F)c(Br)c2)CC1. The van der Waals surface area contributed by atoms with Crippen LogP contribution < -0.4 is 5.73 Å². The van der Waals surface area contributed by atoms with Crippen LogP contribution in [0.15, 0.2) is 27.6 Å². The number of nitrogens with two attached hydrogens (primary N) is 1. The van der Waals surface area contributed by atoms with E-state index in [0.717, 1.165) is 12.5 Å². The lowest BCUT2D eigenvalue weighted by molar-refractivity contribution is 0.0209. The minimum atomic E-state index is -3.59. The molecule has 1 aliphatic rings. The van der Waals surface area contributed by atoms with E-state index in [0.29, 0.717) is 39.1 Å². The standard InChI is InChI=1S/C14H20BrFN2O3S/c15-13-10-12(2-3-14(13)16)22(19,20)18-7-4-11(5-8-18)21-9-1-6-17/h2-3,10-11H,1,4-9,17H2. The summed E-state index contributed by atoms with van der Waals surface area (Å²) < 4.78 is 45.6. The van der Waals surface area contributed by atoms with Crippen molar-refractivity contribution in [3.8, 4) is 0 Å². The van der Waals surface area contributed by atoms with E-state index in [1.807, 2.05) is 0 Å². The first-order valence-corrected chi connectivity index (χ1v) is 9.45. The number of hydrogen-bond donors (Lipinski definition) is 1. The highest BCUT2D eigenvalue weighted by molar-refractivity contribution is 9.10. The van der Waals surface area contributed by atoms with Crippen LogP contribution in [0.25, 0.3) is 0 Å². The summed E-state index contributed by atoms with van der Waals surface area (Å²) in [6.07, 6.45) is 2.21. The summed E-state index contributed by atoms with van der Waals surface area (Å²) in [4.78, 5) is 0.100. The largest absolute Gasteiger partial charge is 0.378 e. The highest BCUT2D eigenvalue weighted by Gasteiger charge is 2.30. The monoisotopic (exact) mass is 394 g/mol. The molecule has 0 radical (unpaired) electrons. The van der Waals surface area contributed by atoms with Gasteiger partial charge in [0.1, 0.15) is 5.82 Å². The third kappa shape index (κ3) is 4.26. The highest BCUT2D eigenvalue weighted by atomic mass is 79.9. The summed E-state index contributed by atoms with van der Waals surface area (Å²) in [7, 11) is -3.59. The van der Waals surface area contributed by atoms with Gasteiger partial charge in [-0.3, -0.25) is 0 Å². The van der Waals surface area contributed by atoms with Gasteiger partial charge in [-0.1, -0.05) is 0 Å². The number of sulfonamides is 1. The highest BCUT2D eigenvalue weighted by Crippen LogP contribution is 2.25. The number of piperidine rings is 1. The summed E-state index contributed by atoms with van der Waals surface area (Å²) in [5, 5.41) is 0. The van der Waals surface area contributed by atoms with Crippen LogP contribution in [0, 0.1) is 5.82 Å². The summed E-state index contributed by atoms with van der Waals surface area (Å²) in [5.41, 5.74) is 5.41. The second-order valence-electron chi connectivity index (χ2n) is 5.19. The number of benzene rings is 1. The molecule has 1 fully saturated rings. The smallest absolute Gasteiger partial charge is 0.243 e. The van der Waals surface area contributed by atoms with Gasteiger partial charge in [-0.05, 0) is 59.9 Å². The van der Waals surface area contributed by atoms with E-state index in [1.54, 1.807) is 0 Å². The fourth-order valence-electron chi connectivity index (χ4n) is 2.36. The summed E-state index contributed by atoms with van der Waals surface area (Å²) >= 11 is 3.02. The van der Waals surface area contributed by atoms with Gasteiger partial charge in [-0.15, -0.1) is 0 Å². The van der Waals surface area contributed by atoms with E-state index in [-0.39, 0.29) is 15.5 Å². The average Bonchev–Trinajstić information content (AvgIpc) is 2.51. The van der Waals surface area contributed by atoms with Crippen molar-refractivity contribution in [2.45, 2.75) is 30.3 Å². The predicted octanol–water partition coefficient (Wildman–Crippen LogP) is 2.11. The van der Waals surface area contributed by atoms with Crippen molar-refractivity contribution in [2.75, 3.05) is 26.2 Å². The molecule has 0 atom stereocenters. The van der Waals surface area contributed by atoms with Gasteiger partial charge >= 0.3 is 0 Å². The predicted molar refractivity (Wildman–Crippen MR) is 85.5 cm³/mol. The topological polar surface area (TPSA) is 72.6 Å². The Kier molecular flexibility index (Phi) is 6.34. The van der Waals surface area contributed by atoms with E-state index >= 15 is 0 Å². The van der Waals surface area contributed by atoms with Gasteiger partial charge in [0.25, 0.3) is 0 Å². The lowest BCUT2D eigenvalue weighted by Crippen LogP contribution is -2.41.